The van der Waals surface area contributed by atoms with E-state index in [-0.39, 0.29) is 5.82 Å². The van der Waals surface area contributed by atoms with Crippen LogP contribution in [0.5, 0.6) is 11.5 Å². The average Bonchev–Trinajstić information content (AvgIpc) is 2.69. The number of nitrogens with one attached hydrogen (secondary N) is 1. The summed E-state index contributed by atoms with van der Waals surface area (Å²) in [5.74, 6) is 0.991. The van der Waals surface area contributed by atoms with Gasteiger partial charge in [0.25, 0.3) is 0 Å². The van der Waals surface area contributed by atoms with Crippen molar-refractivity contribution in [3.8, 4) is 11.5 Å². The predicted molar refractivity (Wildman–Crippen MR) is 111 cm³/mol. The number of benzene rings is 3. The second-order valence-corrected chi connectivity index (χ2v) is 6.37. The van der Waals surface area contributed by atoms with E-state index in [4.69, 9.17) is 21.1 Å². The summed E-state index contributed by atoms with van der Waals surface area (Å²) in [7, 11) is 0. The summed E-state index contributed by atoms with van der Waals surface area (Å²) in [5, 5.41) is 4.84. The third-order valence-corrected chi connectivity index (χ3v) is 4.04. The highest BCUT2D eigenvalue weighted by molar-refractivity contribution is 6.30. The van der Waals surface area contributed by atoms with Crippen LogP contribution in [0.4, 0.5) is 10.1 Å². The predicted octanol–water partition coefficient (Wildman–Crippen LogP) is 5.90. The number of hydrogen-bond acceptors (Lipinski definition) is 4. The molecule has 144 valence electrons. The highest BCUT2D eigenvalue weighted by atomic mass is 35.5. The Morgan fingerprint density at radius 3 is 2.57 bits per heavy atom. The van der Waals surface area contributed by atoms with Gasteiger partial charge in [0.05, 0.1) is 18.5 Å². The quantitative estimate of drug-likeness (QED) is 0.379. The largest absolute Gasteiger partial charge is 0.490 e. The zero-order chi connectivity index (χ0) is 19.8. The van der Waals surface area contributed by atoms with Gasteiger partial charge in [-0.3, -0.25) is 5.43 Å². The lowest BCUT2D eigenvalue weighted by molar-refractivity contribution is 0.269. The fourth-order valence-electron chi connectivity index (χ4n) is 2.49. The fraction of sp³-hybridized carbons (Fsp3) is 0.136. The molecule has 28 heavy (non-hydrogen) atoms. The molecule has 3 aromatic carbocycles. The van der Waals surface area contributed by atoms with Crippen LogP contribution in [0, 0.1) is 5.82 Å². The van der Waals surface area contributed by atoms with Crippen molar-refractivity contribution in [1.82, 2.24) is 0 Å². The van der Waals surface area contributed by atoms with Crippen LogP contribution in [0.25, 0.3) is 0 Å². The van der Waals surface area contributed by atoms with E-state index in [1.54, 1.807) is 18.3 Å². The van der Waals surface area contributed by atoms with Gasteiger partial charge in [0, 0.05) is 5.02 Å². The van der Waals surface area contributed by atoms with Crippen molar-refractivity contribution in [2.45, 2.75) is 13.5 Å². The lowest BCUT2D eigenvalue weighted by Crippen LogP contribution is -2.00. The highest BCUT2D eigenvalue weighted by Gasteiger charge is 2.07. The van der Waals surface area contributed by atoms with Gasteiger partial charge in [0.1, 0.15) is 12.4 Å². The normalized spacial score (nSPS) is 10.8. The molecule has 0 heterocycles. The minimum atomic E-state index is -0.288. The van der Waals surface area contributed by atoms with E-state index in [0.717, 1.165) is 11.1 Å². The van der Waals surface area contributed by atoms with E-state index in [1.807, 2.05) is 49.4 Å². The maximum atomic E-state index is 12.9. The van der Waals surface area contributed by atoms with Gasteiger partial charge in [0.2, 0.25) is 0 Å². The molecule has 0 radical (unpaired) electrons. The smallest absolute Gasteiger partial charge is 0.161 e. The first-order valence-electron chi connectivity index (χ1n) is 8.83. The fourth-order valence-corrected chi connectivity index (χ4v) is 2.70. The van der Waals surface area contributed by atoms with E-state index in [9.17, 15) is 4.39 Å². The summed E-state index contributed by atoms with van der Waals surface area (Å²) >= 11 is 6.01. The van der Waals surface area contributed by atoms with Crippen LogP contribution in [0.2, 0.25) is 5.02 Å². The monoisotopic (exact) mass is 398 g/mol. The van der Waals surface area contributed by atoms with Crippen LogP contribution < -0.4 is 14.9 Å². The summed E-state index contributed by atoms with van der Waals surface area (Å²) in [6, 6.07) is 19.1. The van der Waals surface area contributed by atoms with E-state index in [2.05, 4.69) is 10.5 Å². The van der Waals surface area contributed by atoms with E-state index < -0.39 is 0 Å². The minimum absolute atomic E-state index is 0.288. The van der Waals surface area contributed by atoms with Crippen molar-refractivity contribution in [2.75, 3.05) is 12.0 Å². The third-order valence-electron chi connectivity index (χ3n) is 3.80. The molecular formula is C22H20ClFN2O2. The van der Waals surface area contributed by atoms with Crippen LogP contribution in [0.1, 0.15) is 18.1 Å². The van der Waals surface area contributed by atoms with Gasteiger partial charge in [-0.05, 0) is 72.6 Å². The summed E-state index contributed by atoms with van der Waals surface area (Å²) < 4.78 is 24.5. The van der Waals surface area contributed by atoms with Crippen molar-refractivity contribution in [1.29, 1.82) is 0 Å². The zero-order valence-electron chi connectivity index (χ0n) is 15.4. The third kappa shape index (κ3) is 5.72. The van der Waals surface area contributed by atoms with Gasteiger partial charge in [-0.1, -0.05) is 23.7 Å². The Hall–Kier alpha value is -3.05. The lowest BCUT2D eigenvalue weighted by atomic mass is 10.2. The molecule has 6 heteroatoms. The molecule has 0 aromatic heterocycles. The molecule has 0 atom stereocenters. The molecule has 0 saturated carbocycles. The summed E-state index contributed by atoms with van der Waals surface area (Å²) in [6.45, 7) is 2.82. The van der Waals surface area contributed by atoms with Crippen molar-refractivity contribution in [3.63, 3.8) is 0 Å². The molecule has 0 aliphatic heterocycles. The highest BCUT2D eigenvalue weighted by Crippen LogP contribution is 2.29. The Bertz CT molecular complexity index is 946. The molecule has 0 aliphatic rings. The first-order chi connectivity index (χ1) is 13.6. The summed E-state index contributed by atoms with van der Waals surface area (Å²) in [6.07, 6.45) is 1.66. The molecule has 3 aromatic rings. The second-order valence-electron chi connectivity index (χ2n) is 5.93. The van der Waals surface area contributed by atoms with E-state index in [1.165, 1.54) is 12.1 Å². The van der Waals surface area contributed by atoms with Crippen molar-refractivity contribution >= 4 is 23.5 Å². The Labute approximate surface area is 168 Å². The second kappa shape index (κ2) is 9.76. The number of anilines is 1. The van der Waals surface area contributed by atoms with E-state index in [0.29, 0.717) is 35.4 Å². The van der Waals surface area contributed by atoms with Crippen LogP contribution in [0.15, 0.2) is 71.8 Å². The van der Waals surface area contributed by atoms with Gasteiger partial charge in [-0.2, -0.15) is 5.10 Å². The molecular weight excluding hydrogens is 379 g/mol. The number of halogens is 2. The minimum Gasteiger partial charge on any atom is -0.490 e. The number of rotatable bonds is 8. The van der Waals surface area contributed by atoms with Crippen LogP contribution in [0.3, 0.4) is 0 Å². The molecule has 0 fully saturated rings. The van der Waals surface area contributed by atoms with Gasteiger partial charge in [-0.25, -0.2) is 4.39 Å². The number of hydrogen-bond donors (Lipinski definition) is 1. The molecule has 1 N–H and O–H groups in total. The zero-order valence-corrected chi connectivity index (χ0v) is 16.1. The SMILES string of the molecule is CCOc1cc(/C=N/Nc2ccc(F)cc2)ccc1OCc1cccc(Cl)c1. The molecule has 4 nitrogen and oxygen atoms in total. The average molecular weight is 399 g/mol. The molecule has 0 saturated heterocycles. The first-order valence-corrected chi connectivity index (χ1v) is 9.20. The summed E-state index contributed by atoms with van der Waals surface area (Å²) in [4.78, 5) is 0. The Morgan fingerprint density at radius 2 is 1.82 bits per heavy atom. The molecule has 0 bridgehead atoms. The molecule has 0 aliphatic carbocycles. The Morgan fingerprint density at radius 1 is 1.00 bits per heavy atom. The van der Waals surface area contributed by atoms with Gasteiger partial charge >= 0.3 is 0 Å². The molecule has 0 amide bonds. The molecule has 0 spiro atoms. The first kappa shape index (κ1) is 19.7. The molecule has 3 rings (SSSR count). The van der Waals surface area contributed by atoms with Crippen LogP contribution >= 0.6 is 11.6 Å². The lowest BCUT2D eigenvalue weighted by Gasteiger charge is -2.13. The maximum Gasteiger partial charge on any atom is 0.161 e. The number of nitrogens with zero attached hydrogens (tertiary/aromatic N) is 1. The van der Waals surface area contributed by atoms with Gasteiger partial charge < -0.3 is 9.47 Å². The van der Waals surface area contributed by atoms with Crippen LogP contribution in [-0.2, 0) is 6.61 Å². The summed E-state index contributed by atoms with van der Waals surface area (Å²) in [5.41, 5.74) is 5.37. The van der Waals surface area contributed by atoms with Crippen molar-refractivity contribution in [2.24, 2.45) is 5.10 Å². The van der Waals surface area contributed by atoms with Gasteiger partial charge in [0.15, 0.2) is 11.5 Å². The van der Waals surface area contributed by atoms with Gasteiger partial charge in [-0.15, -0.1) is 0 Å². The number of hydrazone groups is 1. The van der Waals surface area contributed by atoms with Crippen LogP contribution in [-0.4, -0.2) is 12.8 Å². The molecule has 0 unspecified atom stereocenters. The maximum absolute atomic E-state index is 12.9. The Kier molecular flexibility index (Phi) is 6.87. The van der Waals surface area contributed by atoms with Crippen molar-refractivity contribution in [3.05, 3.63) is 88.7 Å². The van der Waals surface area contributed by atoms with E-state index >= 15 is 0 Å². The topological polar surface area (TPSA) is 42.8 Å². The standard InChI is InChI=1S/C22H20ClFN2O2/c1-2-27-22-13-16(14-25-26-20-9-7-19(24)8-10-20)6-11-21(22)28-15-17-4-3-5-18(23)12-17/h3-14,26H,2,15H2,1H3/b25-14+. The number of ether oxygens (including phenoxy) is 2. The Balaban J connectivity index is 1.67. The van der Waals surface area contributed by atoms with Crippen molar-refractivity contribution < 1.29 is 13.9 Å².